The summed E-state index contributed by atoms with van der Waals surface area (Å²) in [6.07, 6.45) is 0.0384. The minimum Gasteiger partial charge on any atom is -0.465 e. The van der Waals surface area contributed by atoms with Gasteiger partial charge in [-0.2, -0.15) is 0 Å². The molecule has 1 unspecified atom stereocenters. The molecule has 1 N–H and O–H groups in total. The van der Waals surface area contributed by atoms with E-state index < -0.39 is 6.09 Å². The van der Waals surface area contributed by atoms with Crippen LogP contribution in [0.3, 0.4) is 0 Å². The minimum atomic E-state index is -0.807. The van der Waals surface area contributed by atoms with Crippen molar-refractivity contribution in [2.24, 2.45) is 5.41 Å². The van der Waals surface area contributed by atoms with E-state index in [1.54, 1.807) is 16.2 Å². The fourth-order valence-electron chi connectivity index (χ4n) is 2.37. The Labute approximate surface area is 99.7 Å². The van der Waals surface area contributed by atoms with Crippen molar-refractivity contribution in [3.05, 3.63) is 21.9 Å². The van der Waals surface area contributed by atoms with E-state index in [9.17, 15) is 9.90 Å². The molecular formula is C12H17NO2S. The van der Waals surface area contributed by atoms with Crippen LogP contribution in [0.1, 0.15) is 37.3 Å². The largest absolute Gasteiger partial charge is 0.465 e. The van der Waals surface area contributed by atoms with E-state index in [0.29, 0.717) is 6.54 Å². The van der Waals surface area contributed by atoms with Gasteiger partial charge in [-0.3, -0.25) is 4.90 Å². The van der Waals surface area contributed by atoms with Crippen LogP contribution in [-0.4, -0.2) is 22.6 Å². The molecule has 88 valence electrons. The monoisotopic (exact) mass is 239 g/mol. The molecule has 2 heterocycles. The van der Waals surface area contributed by atoms with Gasteiger partial charge < -0.3 is 5.11 Å². The predicted octanol–water partition coefficient (Wildman–Crippen LogP) is 3.37. The van der Waals surface area contributed by atoms with Crippen LogP contribution in [0.2, 0.25) is 0 Å². The molecule has 1 aliphatic rings. The molecular weight excluding hydrogens is 222 g/mol. The molecule has 2 rings (SSSR count). The molecule has 3 nitrogen and oxygen atoms in total. The van der Waals surface area contributed by atoms with Crippen molar-refractivity contribution in [3.63, 3.8) is 0 Å². The van der Waals surface area contributed by atoms with Gasteiger partial charge in [0.25, 0.3) is 0 Å². The molecule has 4 heteroatoms. The van der Waals surface area contributed by atoms with Gasteiger partial charge in [0.05, 0.1) is 6.04 Å². The average molecular weight is 239 g/mol. The zero-order chi connectivity index (χ0) is 11.9. The lowest BCUT2D eigenvalue weighted by Gasteiger charge is -2.41. The standard InChI is InChI=1S/C12H17NO2S/c1-12(2,3)10-9-8(5-7-16-9)4-6-13(10)11(14)15/h5,7,10H,4,6H2,1-3H3,(H,14,15). The molecule has 1 aromatic rings. The summed E-state index contributed by atoms with van der Waals surface area (Å²) in [7, 11) is 0. The van der Waals surface area contributed by atoms with Crippen LogP contribution in [0.5, 0.6) is 0 Å². The van der Waals surface area contributed by atoms with Crippen LogP contribution in [0.25, 0.3) is 0 Å². The zero-order valence-electron chi connectivity index (χ0n) is 9.86. The number of amides is 1. The van der Waals surface area contributed by atoms with Gasteiger partial charge in [0.2, 0.25) is 0 Å². The lowest BCUT2D eigenvalue weighted by atomic mass is 9.81. The van der Waals surface area contributed by atoms with Crippen LogP contribution in [0, 0.1) is 5.41 Å². The van der Waals surface area contributed by atoms with Crippen LogP contribution in [0.15, 0.2) is 11.4 Å². The third-order valence-corrected chi connectivity index (χ3v) is 4.04. The van der Waals surface area contributed by atoms with Crippen LogP contribution in [0.4, 0.5) is 4.79 Å². The summed E-state index contributed by atoms with van der Waals surface area (Å²) >= 11 is 1.68. The van der Waals surface area contributed by atoms with E-state index in [0.717, 1.165) is 6.42 Å². The first-order valence-electron chi connectivity index (χ1n) is 5.47. The highest BCUT2D eigenvalue weighted by molar-refractivity contribution is 7.10. The topological polar surface area (TPSA) is 40.5 Å². The highest BCUT2D eigenvalue weighted by Crippen LogP contribution is 2.44. The van der Waals surface area contributed by atoms with Crippen LogP contribution < -0.4 is 0 Å². The second-order valence-corrected chi connectivity index (χ2v) is 6.25. The number of carboxylic acid groups (broad SMARTS) is 1. The van der Waals surface area contributed by atoms with Gasteiger partial charge in [-0.15, -0.1) is 11.3 Å². The zero-order valence-corrected chi connectivity index (χ0v) is 10.7. The molecule has 0 saturated carbocycles. The maximum atomic E-state index is 11.3. The van der Waals surface area contributed by atoms with Crippen molar-refractivity contribution in [2.45, 2.75) is 33.2 Å². The van der Waals surface area contributed by atoms with Gasteiger partial charge in [-0.25, -0.2) is 4.79 Å². The Hall–Kier alpha value is -1.03. The minimum absolute atomic E-state index is 0.00579. The number of rotatable bonds is 0. The van der Waals surface area contributed by atoms with Crippen LogP contribution in [-0.2, 0) is 6.42 Å². The Morgan fingerprint density at radius 3 is 2.81 bits per heavy atom. The van der Waals surface area contributed by atoms with Gasteiger partial charge >= 0.3 is 6.09 Å². The molecule has 0 aliphatic carbocycles. The third kappa shape index (κ3) is 1.82. The van der Waals surface area contributed by atoms with Gasteiger partial charge in [0.15, 0.2) is 0 Å². The second-order valence-electron chi connectivity index (χ2n) is 5.30. The smallest absolute Gasteiger partial charge is 0.407 e. The Bertz CT molecular complexity index is 405. The third-order valence-electron chi connectivity index (χ3n) is 3.03. The fourth-order valence-corrected chi connectivity index (χ4v) is 3.68. The number of thiophene rings is 1. The predicted molar refractivity (Wildman–Crippen MR) is 64.9 cm³/mol. The molecule has 16 heavy (non-hydrogen) atoms. The fraction of sp³-hybridized carbons (Fsp3) is 0.583. The van der Waals surface area contributed by atoms with Gasteiger partial charge in [-0.1, -0.05) is 20.8 Å². The lowest BCUT2D eigenvalue weighted by molar-refractivity contribution is 0.0780. The first kappa shape index (κ1) is 11.5. The molecule has 1 aliphatic heterocycles. The molecule has 0 spiro atoms. The van der Waals surface area contributed by atoms with E-state index in [4.69, 9.17) is 0 Å². The Balaban J connectivity index is 2.45. The first-order valence-corrected chi connectivity index (χ1v) is 6.35. The first-order chi connectivity index (χ1) is 7.41. The van der Waals surface area contributed by atoms with E-state index in [-0.39, 0.29) is 11.5 Å². The maximum Gasteiger partial charge on any atom is 0.407 e. The summed E-state index contributed by atoms with van der Waals surface area (Å²) in [4.78, 5) is 14.1. The van der Waals surface area contributed by atoms with Crippen molar-refractivity contribution < 1.29 is 9.90 Å². The average Bonchev–Trinajstić information content (AvgIpc) is 2.61. The van der Waals surface area contributed by atoms with E-state index in [1.165, 1.54) is 10.4 Å². The molecule has 0 aromatic carbocycles. The maximum absolute atomic E-state index is 11.3. The molecule has 1 amide bonds. The number of hydrogen-bond acceptors (Lipinski definition) is 2. The number of carbonyl (C=O) groups is 1. The van der Waals surface area contributed by atoms with Gasteiger partial charge in [0.1, 0.15) is 0 Å². The van der Waals surface area contributed by atoms with Crippen molar-refractivity contribution in [1.29, 1.82) is 0 Å². The normalized spacial score (nSPS) is 20.7. The number of hydrogen-bond donors (Lipinski definition) is 1. The molecule has 0 saturated heterocycles. The summed E-state index contributed by atoms with van der Waals surface area (Å²) < 4.78 is 0. The highest BCUT2D eigenvalue weighted by Gasteiger charge is 2.39. The van der Waals surface area contributed by atoms with Crippen molar-refractivity contribution in [1.82, 2.24) is 4.90 Å². The molecule has 0 fully saturated rings. The lowest BCUT2D eigenvalue weighted by Crippen LogP contribution is -2.44. The Kier molecular flexibility index (Phi) is 2.70. The SMILES string of the molecule is CC(C)(C)C1c2sccc2CCN1C(=O)O. The quantitative estimate of drug-likeness (QED) is 0.754. The number of fused-ring (bicyclic) bond motifs is 1. The molecule has 1 aromatic heterocycles. The summed E-state index contributed by atoms with van der Waals surface area (Å²) in [5.74, 6) is 0. The van der Waals surface area contributed by atoms with E-state index >= 15 is 0 Å². The summed E-state index contributed by atoms with van der Waals surface area (Å²) in [5, 5.41) is 11.3. The Morgan fingerprint density at radius 1 is 1.56 bits per heavy atom. The number of nitrogens with zero attached hydrogens (tertiary/aromatic N) is 1. The summed E-state index contributed by atoms with van der Waals surface area (Å²) in [6.45, 7) is 6.91. The second kappa shape index (κ2) is 3.77. The Morgan fingerprint density at radius 2 is 2.25 bits per heavy atom. The summed E-state index contributed by atoms with van der Waals surface area (Å²) in [5.41, 5.74) is 1.26. The van der Waals surface area contributed by atoms with Gasteiger partial charge in [0, 0.05) is 11.4 Å². The summed E-state index contributed by atoms with van der Waals surface area (Å²) in [6, 6.07) is 2.12. The van der Waals surface area contributed by atoms with Crippen molar-refractivity contribution in [3.8, 4) is 0 Å². The molecule has 1 atom stereocenters. The van der Waals surface area contributed by atoms with Crippen molar-refractivity contribution >= 4 is 17.4 Å². The van der Waals surface area contributed by atoms with Crippen molar-refractivity contribution in [2.75, 3.05) is 6.54 Å². The van der Waals surface area contributed by atoms with Gasteiger partial charge in [-0.05, 0) is 28.8 Å². The van der Waals surface area contributed by atoms with Crippen LogP contribution >= 0.6 is 11.3 Å². The van der Waals surface area contributed by atoms with E-state index in [1.807, 2.05) is 0 Å². The highest BCUT2D eigenvalue weighted by atomic mass is 32.1. The molecule has 0 radical (unpaired) electrons. The van der Waals surface area contributed by atoms with E-state index in [2.05, 4.69) is 32.2 Å². The molecule has 0 bridgehead atoms.